The van der Waals surface area contributed by atoms with Crippen LogP contribution in [0.3, 0.4) is 0 Å². The minimum absolute atomic E-state index is 0.0573. The number of hydrogen-bond donors (Lipinski definition) is 0. The van der Waals surface area contributed by atoms with Gasteiger partial charge in [0.15, 0.2) is 0 Å². The van der Waals surface area contributed by atoms with E-state index in [1.54, 1.807) is 0 Å². The van der Waals surface area contributed by atoms with E-state index in [1.807, 2.05) is 21.0 Å². The highest BCUT2D eigenvalue weighted by atomic mass is 16.5. The summed E-state index contributed by atoms with van der Waals surface area (Å²) in [4.78, 5) is 13.3. The second-order valence-corrected chi connectivity index (χ2v) is 3.86. The van der Waals surface area contributed by atoms with E-state index in [9.17, 15) is 4.79 Å². The van der Waals surface area contributed by atoms with E-state index in [0.717, 1.165) is 25.8 Å². The van der Waals surface area contributed by atoms with Gasteiger partial charge in [-0.05, 0) is 33.4 Å². The van der Waals surface area contributed by atoms with Gasteiger partial charge in [-0.2, -0.15) is 0 Å². The Kier molecular flexibility index (Phi) is 7.48. The first-order valence-corrected chi connectivity index (χ1v) is 5.44. The molecule has 0 saturated heterocycles. The van der Waals surface area contributed by atoms with Crippen molar-refractivity contribution in [2.24, 2.45) is 0 Å². The predicted octanol–water partition coefficient (Wildman–Crippen LogP) is 2.06. The Morgan fingerprint density at radius 2 is 2.00 bits per heavy atom. The highest BCUT2D eigenvalue weighted by molar-refractivity contribution is 5.69. The molecule has 1 unspecified atom stereocenters. The summed E-state index contributed by atoms with van der Waals surface area (Å²) >= 11 is 0. The van der Waals surface area contributed by atoms with Crippen LogP contribution in [0.2, 0.25) is 0 Å². The van der Waals surface area contributed by atoms with E-state index in [2.05, 4.69) is 11.8 Å². The van der Waals surface area contributed by atoms with Crippen LogP contribution in [0, 0.1) is 0 Å². The lowest BCUT2D eigenvalue weighted by Crippen LogP contribution is -2.23. The fraction of sp³-hybridized carbons (Fsp3) is 0.909. The van der Waals surface area contributed by atoms with E-state index >= 15 is 0 Å². The average Bonchev–Trinajstić information content (AvgIpc) is 2.12. The number of hydrogen-bond acceptors (Lipinski definition) is 3. The lowest BCUT2D eigenvalue weighted by molar-refractivity contribution is -0.149. The van der Waals surface area contributed by atoms with Crippen LogP contribution in [0.1, 0.15) is 39.5 Å². The highest BCUT2D eigenvalue weighted by Gasteiger charge is 2.11. The standard InChI is InChI=1S/C11H23NO2/c1-5-7-11(13)14-10(6-2)8-9-12(3)4/h10H,5-9H2,1-4H3. The molecule has 0 N–H and O–H groups in total. The number of rotatable bonds is 7. The van der Waals surface area contributed by atoms with Gasteiger partial charge in [0, 0.05) is 13.0 Å². The summed E-state index contributed by atoms with van der Waals surface area (Å²) in [5.74, 6) is -0.0573. The molecule has 0 aromatic rings. The number of esters is 1. The van der Waals surface area contributed by atoms with E-state index in [1.165, 1.54) is 0 Å². The average molecular weight is 201 g/mol. The van der Waals surface area contributed by atoms with Crippen molar-refractivity contribution in [3.63, 3.8) is 0 Å². The molecule has 0 radical (unpaired) electrons. The zero-order valence-corrected chi connectivity index (χ0v) is 9.88. The highest BCUT2D eigenvalue weighted by Crippen LogP contribution is 2.06. The van der Waals surface area contributed by atoms with E-state index in [4.69, 9.17) is 4.74 Å². The van der Waals surface area contributed by atoms with Crippen LogP contribution in [0.15, 0.2) is 0 Å². The topological polar surface area (TPSA) is 29.5 Å². The van der Waals surface area contributed by atoms with Crippen LogP contribution in [0.25, 0.3) is 0 Å². The molecule has 3 heteroatoms. The minimum Gasteiger partial charge on any atom is -0.462 e. The van der Waals surface area contributed by atoms with Gasteiger partial charge in [0.05, 0.1) is 0 Å². The van der Waals surface area contributed by atoms with Crippen molar-refractivity contribution >= 4 is 5.97 Å². The Hall–Kier alpha value is -0.570. The van der Waals surface area contributed by atoms with E-state index in [-0.39, 0.29) is 12.1 Å². The molecule has 0 aromatic heterocycles. The Bertz CT molecular complexity index is 157. The number of carbonyl (C=O) groups is 1. The molecular weight excluding hydrogens is 178 g/mol. The van der Waals surface area contributed by atoms with Crippen LogP contribution >= 0.6 is 0 Å². The quantitative estimate of drug-likeness (QED) is 0.590. The summed E-state index contributed by atoms with van der Waals surface area (Å²) in [5.41, 5.74) is 0. The summed E-state index contributed by atoms with van der Waals surface area (Å²) in [6, 6.07) is 0. The first-order chi connectivity index (χ1) is 6.60. The molecule has 0 spiro atoms. The molecule has 0 aliphatic heterocycles. The molecule has 0 amide bonds. The first-order valence-electron chi connectivity index (χ1n) is 5.44. The molecular formula is C11H23NO2. The van der Waals surface area contributed by atoms with Gasteiger partial charge in [-0.25, -0.2) is 0 Å². The number of ether oxygens (including phenoxy) is 1. The van der Waals surface area contributed by atoms with Crippen molar-refractivity contribution in [2.75, 3.05) is 20.6 Å². The van der Waals surface area contributed by atoms with Crippen molar-refractivity contribution < 1.29 is 9.53 Å². The Morgan fingerprint density at radius 1 is 1.36 bits per heavy atom. The number of nitrogens with zero attached hydrogens (tertiary/aromatic N) is 1. The third-order valence-corrected chi connectivity index (χ3v) is 2.11. The van der Waals surface area contributed by atoms with Crippen LogP contribution in [-0.2, 0) is 9.53 Å². The smallest absolute Gasteiger partial charge is 0.306 e. The zero-order chi connectivity index (χ0) is 11.0. The molecule has 84 valence electrons. The number of carbonyl (C=O) groups excluding carboxylic acids is 1. The van der Waals surface area contributed by atoms with Crippen LogP contribution in [0.4, 0.5) is 0 Å². The Labute approximate surface area is 87.4 Å². The molecule has 3 nitrogen and oxygen atoms in total. The van der Waals surface area contributed by atoms with Gasteiger partial charge in [0.25, 0.3) is 0 Å². The van der Waals surface area contributed by atoms with Gasteiger partial charge in [-0.3, -0.25) is 4.79 Å². The molecule has 0 saturated carbocycles. The van der Waals surface area contributed by atoms with E-state index in [0.29, 0.717) is 6.42 Å². The fourth-order valence-corrected chi connectivity index (χ4v) is 1.20. The van der Waals surface area contributed by atoms with Gasteiger partial charge in [-0.1, -0.05) is 13.8 Å². The third-order valence-electron chi connectivity index (χ3n) is 2.11. The second kappa shape index (κ2) is 7.80. The molecule has 0 aromatic carbocycles. The first kappa shape index (κ1) is 13.4. The lowest BCUT2D eigenvalue weighted by atomic mass is 10.2. The normalized spacial score (nSPS) is 12.9. The fourth-order valence-electron chi connectivity index (χ4n) is 1.20. The monoisotopic (exact) mass is 201 g/mol. The second-order valence-electron chi connectivity index (χ2n) is 3.86. The summed E-state index contributed by atoms with van der Waals surface area (Å²) < 4.78 is 5.32. The van der Waals surface area contributed by atoms with Crippen LogP contribution < -0.4 is 0 Å². The van der Waals surface area contributed by atoms with Crippen molar-refractivity contribution in [3.8, 4) is 0 Å². The summed E-state index contributed by atoms with van der Waals surface area (Å²) in [5, 5.41) is 0. The largest absolute Gasteiger partial charge is 0.462 e. The van der Waals surface area contributed by atoms with Gasteiger partial charge in [0.2, 0.25) is 0 Å². The predicted molar refractivity (Wildman–Crippen MR) is 58.3 cm³/mol. The van der Waals surface area contributed by atoms with E-state index < -0.39 is 0 Å². The van der Waals surface area contributed by atoms with Crippen molar-refractivity contribution in [1.29, 1.82) is 0 Å². The van der Waals surface area contributed by atoms with Gasteiger partial charge in [-0.15, -0.1) is 0 Å². The third kappa shape index (κ3) is 6.89. The molecule has 0 bridgehead atoms. The maximum Gasteiger partial charge on any atom is 0.306 e. The molecule has 0 aliphatic carbocycles. The van der Waals surface area contributed by atoms with Crippen molar-refractivity contribution in [2.45, 2.75) is 45.6 Å². The van der Waals surface area contributed by atoms with Crippen LogP contribution in [-0.4, -0.2) is 37.6 Å². The van der Waals surface area contributed by atoms with Gasteiger partial charge >= 0.3 is 5.97 Å². The summed E-state index contributed by atoms with van der Waals surface area (Å²) in [6.07, 6.45) is 3.33. The maximum absolute atomic E-state index is 11.2. The Morgan fingerprint density at radius 3 is 2.43 bits per heavy atom. The Balaban J connectivity index is 3.72. The summed E-state index contributed by atoms with van der Waals surface area (Å²) in [7, 11) is 4.06. The lowest BCUT2D eigenvalue weighted by Gasteiger charge is -2.18. The zero-order valence-electron chi connectivity index (χ0n) is 9.88. The van der Waals surface area contributed by atoms with Crippen LogP contribution in [0.5, 0.6) is 0 Å². The molecule has 0 rings (SSSR count). The maximum atomic E-state index is 11.2. The molecule has 0 fully saturated rings. The summed E-state index contributed by atoms with van der Waals surface area (Å²) in [6.45, 7) is 5.01. The van der Waals surface area contributed by atoms with Gasteiger partial charge < -0.3 is 9.64 Å². The molecule has 14 heavy (non-hydrogen) atoms. The minimum atomic E-state index is -0.0573. The SMILES string of the molecule is CCCC(=O)OC(CC)CCN(C)C. The van der Waals surface area contributed by atoms with Crippen molar-refractivity contribution in [1.82, 2.24) is 4.90 Å². The van der Waals surface area contributed by atoms with Gasteiger partial charge in [0.1, 0.15) is 6.10 Å². The molecule has 0 heterocycles. The molecule has 1 atom stereocenters. The van der Waals surface area contributed by atoms with Crippen molar-refractivity contribution in [3.05, 3.63) is 0 Å². The molecule has 0 aliphatic rings.